The van der Waals surface area contributed by atoms with E-state index in [-0.39, 0.29) is 0 Å². The zero-order chi connectivity index (χ0) is 11.5. The van der Waals surface area contributed by atoms with Crippen LogP contribution in [0.3, 0.4) is 0 Å². The Morgan fingerprint density at radius 3 is 2.71 bits per heavy atom. The number of hydrogen-bond acceptors (Lipinski definition) is 2. The predicted molar refractivity (Wildman–Crippen MR) is 67.0 cm³/mol. The first kappa shape index (κ1) is 9.97. The van der Waals surface area contributed by atoms with Crippen molar-refractivity contribution in [2.45, 2.75) is 6.61 Å². The lowest BCUT2D eigenvalue weighted by Crippen LogP contribution is -1.94. The van der Waals surface area contributed by atoms with Crippen LogP contribution in [0.5, 0.6) is 5.75 Å². The van der Waals surface area contributed by atoms with E-state index in [1.54, 1.807) is 6.26 Å². The van der Waals surface area contributed by atoms with E-state index in [9.17, 15) is 0 Å². The Kier molecular flexibility index (Phi) is 2.54. The molecule has 0 spiro atoms. The SMILES string of the molecule is c1ccc(COc2ccc3occc3c2)cc1. The van der Waals surface area contributed by atoms with Gasteiger partial charge < -0.3 is 9.15 Å². The van der Waals surface area contributed by atoms with Gasteiger partial charge in [0.15, 0.2) is 0 Å². The molecule has 2 nitrogen and oxygen atoms in total. The highest BCUT2D eigenvalue weighted by Crippen LogP contribution is 2.22. The minimum atomic E-state index is 0.587. The lowest BCUT2D eigenvalue weighted by atomic mass is 10.2. The summed E-state index contributed by atoms with van der Waals surface area (Å²) in [6.45, 7) is 0.587. The summed E-state index contributed by atoms with van der Waals surface area (Å²) in [5.41, 5.74) is 2.05. The molecule has 0 radical (unpaired) electrons. The zero-order valence-corrected chi connectivity index (χ0v) is 9.30. The van der Waals surface area contributed by atoms with E-state index in [0.29, 0.717) is 6.61 Å². The third-order valence-electron chi connectivity index (χ3n) is 2.67. The van der Waals surface area contributed by atoms with Gasteiger partial charge in [-0.25, -0.2) is 0 Å². The summed E-state index contributed by atoms with van der Waals surface area (Å²) in [4.78, 5) is 0. The van der Waals surface area contributed by atoms with E-state index < -0.39 is 0 Å². The van der Waals surface area contributed by atoms with Crippen LogP contribution in [0.1, 0.15) is 5.56 Å². The zero-order valence-electron chi connectivity index (χ0n) is 9.30. The van der Waals surface area contributed by atoms with Gasteiger partial charge in [0.25, 0.3) is 0 Å². The van der Waals surface area contributed by atoms with Crippen molar-refractivity contribution in [3.63, 3.8) is 0 Å². The molecule has 2 aromatic carbocycles. The maximum absolute atomic E-state index is 5.73. The Morgan fingerprint density at radius 1 is 0.941 bits per heavy atom. The van der Waals surface area contributed by atoms with Crippen LogP contribution in [0.4, 0.5) is 0 Å². The quantitative estimate of drug-likeness (QED) is 0.670. The summed E-state index contributed by atoms with van der Waals surface area (Å²) >= 11 is 0. The molecule has 17 heavy (non-hydrogen) atoms. The van der Waals surface area contributed by atoms with Gasteiger partial charge in [0.05, 0.1) is 6.26 Å². The first-order valence-corrected chi connectivity index (χ1v) is 5.56. The van der Waals surface area contributed by atoms with Crippen LogP contribution >= 0.6 is 0 Å². The van der Waals surface area contributed by atoms with Gasteiger partial charge in [-0.1, -0.05) is 30.3 Å². The smallest absolute Gasteiger partial charge is 0.134 e. The average Bonchev–Trinajstić information content (AvgIpc) is 2.85. The van der Waals surface area contributed by atoms with Crippen LogP contribution in [-0.2, 0) is 6.61 Å². The van der Waals surface area contributed by atoms with Crippen LogP contribution in [0, 0.1) is 0 Å². The standard InChI is InChI=1S/C15H12O2/c1-2-4-12(5-3-1)11-17-14-6-7-15-13(10-14)8-9-16-15/h1-10H,11H2. The average molecular weight is 224 g/mol. The van der Waals surface area contributed by atoms with Crippen LogP contribution in [0.15, 0.2) is 65.3 Å². The molecule has 0 unspecified atom stereocenters. The Balaban J connectivity index is 1.76. The van der Waals surface area contributed by atoms with Crippen molar-refractivity contribution in [2.75, 3.05) is 0 Å². The topological polar surface area (TPSA) is 22.4 Å². The van der Waals surface area contributed by atoms with Crippen molar-refractivity contribution in [3.8, 4) is 5.75 Å². The fourth-order valence-electron chi connectivity index (χ4n) is 1.78. The van der Waals surface area contributed by atoms with E-state index in [1.807, 2.05) is 42.5 Å². The van der Waals surface area contributed by atoms with Gasteiger partial charge in [0.2, 0.25) is 0 Å². The number of hydrogen-bond donors (Lipinski definition) is 0. The molecular weight excluding hydrogens is 212 g/mol. The molecule has 3 aromatic rings. The Bertz CT molecular complexity index is 611. The normalized spacial score (nSPS) is 10.6. The molecule has 1 heterocycles. The highest BCUT2D eigenvalue weighted by Gasteiger charge is 2.00. The summed E-state index contributed by atoms with van der Waals surface area (Å²) in [6.07, 6.45) is 1.69. The minimum Gasteiger partial charge on any atom is -0.489 e. The molecule has 3 rings (SSSR count). The van der Waals surface area contributed by atoms with Crippen molar-refractivity contribution in [2.24, 2.45) is 0 Å². The number of furan rings is 1. The van der Waals surface area contributed by atoms with Gasteiger partial charge in [0.1, 0.15) is 17.9 Å². The van der Waals surface area contributed by atoms with Crippen LogP contribution in [0.2, 0.25) is 0 Å². The number of rotatable bonds is 3. The first-order chi connectivity index (χ1) is 8.42. The van der Waals surface area contributed by atoms with Crippen molar-refractivity contribution in [1.82, 2.24) is 0 Å². The first-order valence-electron chi connectivity index (χ1n) is 5.56. The second-order valence-corrected chi connectivity index (χ2v) is 3.89. The largest absolute Gasteiger partial charge is 0.489 e. The molecule has 0 saturated heterocycles. The monoisotopic (exact) mass is 224 g/mol. The van der Waals surface area contributed by atoms with Gasteiger partial charge in [-0.2, -0.15) is 0 Å². The third kappa shape index (κ3) is 2.16. The molecule has 0 amide bonds. The summed E-state index contributed by atoms with van der Waals surface area (Å²) < 4.78 is 11.0. The Morgan fingerprint density at radius 2 is 1.82 bits per heavy atom. The van der Waals surface area contributed by atoms with Crippen molar-refractivity contribution >= 4 is 11.0 Å². The highest BCUT2D eigenvalue weighted by atomic mass is 16.5. The molecule has 0 fully saturated rings. The minimum absolute atomic E-state index is 0.587. The van der Waals surface area contributed by atoms with Crippen molar-refractivity contribution in [3.05, 3.63) is 66.4 Å². The molecule has 0 saturated carbocycles. The van der Waals surface area contributed by atoms with Gasteiger partial charge in [-0.3, -0.25) is 0 Å². The molecule has 2 heteroatoms. The Hall–Kier alpha value is -2.22. The van der Waals surface area contributed by atoms with Gasteiger partial charge in [0, 0.05) is 5.39 Å². The lowest BCUT2D eigenvalue weighted by Gasteiger charge is -2.05. The Labute approximate surface area is 99.4 Å². The summed E-state index contributed by atoms with van der Waals surface area (Å²) in [7, 11) is 0. The van der Waals surface area contributed by atoms with Gasteiger partial charge >= 0.3 is 0 Å². The van der Waals surface area contributed by atoms with Crippen LogP contribution in [-0.4, -0.2) is 0 Å². The fourth-order valence-corrected chi connectivity index (χ4v) is 1.78. The summed E-state index contributed by atoms with van der Waals surface area (Å²) in [5.74, 6) is 0.864. The van der Waals surface area contributed by atoms with E-state index in [0.717, 1.165) is 16.7 Å². The maximum Gasteiger partial charge on any atom is 0.134 e. The van der Waals surface area contributed by atoms with E-state index in [4.69, 9.17) is 9.15 Å². The molecule has 0 N–H and O–H groups in total. The maximum atomic E-state index is 5.73. The lowest BCUT2D eigenvalue weighted by molar-refractivity contribution is 0.306. The van der Waals surface area contributed by atoms with Crippen LogP contribution < -0.4 is 4.74 Å². The van der Waals surface area contributed by atoms with Gasteiger partial charge in [-0.15, -0.1) is 0 Å². The fraction of sp³-hybridized carbons (Fsp3) is 0.0667. The molecule has 0 aliphatic rings. The molecule has 0 bridgehead atoms. The second-order valence-electron chi connectivity index (χ2n) is 3.89. The molecule has 0 aliphatic heterocycles. The summed E-state index contributed by atoms with van der Waals surface area (Å²) in [5, 5.41) is 1.07. The second kappa shape index (κ2) is 4.34. The van der Waals surface area contributed by atoms with Crippen molar-refractivity contribution in [1.29, 1.82) is 0 Å². The number of ether oxygens (including phenoxy) is 1. The third-order valence-corrected chi connectivity index (χ3v) is 2.67. The number of benzene rings is 2. The predicted octanol–water partition coefficient (Wildman–Crippen LogP) is 4.01. The molecule has 0 atom stereocenters. The molecule has 1 aromatic heterocycles. The summed E-state index contributed by atoms with van der Waals surface area (Å²) in [6, 6.07) is 17.9. The van der Waals surface area contributed by atoms with Crippen LogP contribution in [0.25, 0.3) is 11.0 Å². The molecule has 84 valence electrons. The van der Waals surface area contributed by atoms with E-state index in [2.05, 4.69) is 12.1 Å². The molecule has 0 aliphatic carbocycles. The number of fused-ring (bicyclic) bond motifs is 1. The van der Waals surface area contributed by atoms with Gasteiger partial charge in [-0.05, 0) is 29.8 Å². The van der Waals surface area contributed by atoms with Crippen molar-refractivity contribution < 1.29 is 9.15 Å². The molecular formula is C15H12O2. The van der Waals surface area contributed by atoms with E-state index >= 15 is 0 Å². The highest BCUT2D eigenvalue weighted by molar-refractivity contribution is 5.78. The van der Waals surface area contributed by atoms with E-state index in [1.165, 1.54) is 5.56 Å².